The van der Waals surface area contributed by atoms with E-state index in [1.165, 1.54) is 0 Å². The molecular formula is C27H25N5O2. The average molecular weight is 452 g/mol. The Labute approximate surface area is 197 Å². The predicted molar refractivity (Wildman–Crippen MR) is 132 cm³/mol. The largest absolute Gasteiger partial charge is 0.492 e. The number of hydrogen-bond acceptors (Lipinski definition) is 6. The van der Waals surface area contributed by atoms with Gasteiger partial charge in [-0.3, -0.25) is 14.3 Å². The molecule has 4 heterocycles. The van der Waals surface area contributed by atoms with Crippen LogP contribution in [0.5, 0.6) is 5.75 Å². The molecule has 0 N–H and O–H groups in total. The molecule has 3 aromatic heterocycles. The van der Waals surface area contributed by atoms with Gasteiger partial charge in [0.25, 0.3) is 0 Å². The Bertz CT molecular complexity index is 1420. The van der Waals surface area contributed by atoms with Crippen molar-refractivity contribution in [2.45, 2.75) is 0 Å². The van der Waals surface area contributed by atoms with E-state index in [4.69, 9.17) is 9.47 Å². The van der Waals surface area contributed by atoms with Gasteiger partial charge in [0, 0.05) is 43.0 Å². The van der Waals surface area contributed by atoms with Crippen molar-refractivity contribution in [3.05, 3.63) is 79.1 Å². The summed E-state index contributed by atoms with van der Waals surface area (Å²) in [4.78, 5) is 6.83. The minimum Gasteiger partial charge on any atom is -0.492 e. The van der Waals surface area contributed by atoms with Crippen LogP contribution in [0.15, 0.2) is 79.1 Å². The zero-order valence-electron chi connectivity index (χ0n) is 18.8. The smallest absolute Gasteiger partial charge is 0.169 e. The van der Waals surface area contributed by atoms with E-state index in [2.05, 4.69) is 50.4 Å². The molecule has 0 aliphatic carbocycles. The van der Waals surface area contributed by atoms with Crippen LogP contribution in [0, 0.1) is 0 Å². The lowest BCUT2D eigenvalue weighted by Gasteiger charge is -2.26. The molecule has 34 heavy (non-hydrogen) atoms. The molecule has 1 aliphatic rings. The minimum atomic E-state index is 0.678. The van der Waals surface area contributed by atoms with Crippen molar-refractivity contribution in [2.24, 2.45) is 0 Å². The van der Waals surface area contributed by atoms with Gasteiger partial charge in [0.1, 0.15) is 12.4 Å². The number of pyridine rings is 2. The van der Waals surface area contributed by atoms with Gasteiger partial charge in [-0.2, -0.15) is 0 Å². The second-order valence-corrected chi connectivity index (χ2v) is 8.37. The molecule has 0 saturated carbocycles. The molecule has 170 valence electrons. The van der Waals surface area contributed by atoms with Gasteiger partial charge in [-0.15, -0.1) is 10.2 Å². The number of nitrogens with zero attached hydrogens (tertiary/aromatic N) is 5. The van der Waals surface area contributed by atoms with Gasteiger partial charge in [0.2, 0.25) is 0 Å². The van der Waals surface area contributed by atoms with Crippen molar-refractivity contribution >= 4 is 16.6 Å². The normalized spacial score (nSPS) is 14.6. The predicted octanol–water partition coefficient (Wildman–Crippen LogP) is 4.32. The standard InChI is InChI=1S/C27H25N5O2/c1-2-4-25-23(3-1)24(9-11-28-25)27-30-29-26-19-21(10-12-32(26)27)20-5-7-22(8-6-20)34-18-15-31-13-16-33-17-14-31/h1-12,19H,13-18H2. The third-order valence-corrected chi connectivity index (χ3v) is 6.27. The number of hydrogen-bond donors (Lipinski definition) is 0. The molecular weight excluding hydrogens is 426 g/mol. The van der Waals surface area contributed by atoms with Crippen LogP contribution in [-0.2, 0) is 4.74 Å². The molecule has 0 bridgehead atoms. The Kier molecular flexibility index (Phi) is 5.63. The first-order valence-corrected chi connectivity index (χ1v) is 11.6. The number of rotatable bonds is 6. The molecule has 5 aromatic rings. The van der Waals surface area contributed by atoms with E-state index in [0.29, 0.717) is 6.61 Å². The molecule has 0 spiro atoms. The van der Waals surface area contributed by atoms with Crippen LogP contribution in [-0.4, -0.2) is 63.9 Å². The van der Waals surface area contributed by atoms with Crippen molar-refractivity contribution in [3.63, 3.8) is 0 Å². The SMILES string of the molecule is c1ccc2c(-c3nnc4cc(-c5ccc(OCCN6CCOCC6)cc5)ccn34)ccnc2c1. The fraction of sp³-hybridized carbons (Fsp3) is 0.222. The lowest BCUT2D eigenvalue weighted by atomic mass is 10.1. The molecule has 7 heteroatoms. The summed E-state index contributed by atoms with van der Waals surface area (Å²) in [5, 5.41) is 10.00. The summed E-state index contributed by atoms with van der Waals surface area (Å²) < 4.78 is 13.4. The lowest BCUT2D eigenvalue weighted by Crippen LogP contribution is -2.38. The summed E-state index contributed by atoms with van der Waals surface area (Å²) in [7, 11) is 0. The maximum absolute atomic E-state index is 5.94. The first kappa shape index (κ1) is 20.8. The van der Waals surface area contributed by atoms with E-state index >= 15 is 0 Å². The van der Waals surface area contributed by atoms with Crippen LogP contribution in [0.4, 0.5) is 0 Å². The first-order chi connectivity index (χ1) is 16.8. The van der Waals surface area contributed by atoms with Gasteiger partial charge in [-0.1, -0.05) is 30.3 Å². The molecule has 1 aliphatic heterocycles. The van der Waals surface area contributed by atoms with Crippen LogP contribution >= 0.6 is 0 Å². The Morgan fingerprint density at radius 3 is 2.62 bits per heavy atom. The van der Waals surface area contributed by atoms with E-state index in [1.807, 2.05) is 53.2 Å². The zero-order chi connectivity index (χ0) is 22.7. The molecule has 2 aromatic carbocycles. The van der Waals surface area contributed by atoms with E-state index in [0.717, 1.165) is 77.7 Å². The number of fused-ring (bicyclic) bond motifs is 2. The Morgan fingerprint density at radius 2 is 1.74 bits per heavy atom. The summed E-state index contributed by atoms with van der Waals surface area (Å²) in [5.74, 6) is 1.69. The summed E-state index contributed by atoms with van der Waals surface area (Å²) in [5.41, 5.74) is 4.97. The summed E-state index contributed by atoms with van der Waals surface area (Å²) in [6.07, 6.45) is 3.85. The molecule has 0 unspecified atom stereocenters. The maximum atomic E-state index is 5.94. The van der Waals surface area contributed by atoms with E-state index < -0.39 is 0 Å². The van der Waals surface area contributed by atoms with Crippen LogP contribution in [0.25, 0.3) is 39.1 Å². The Morgan fingerprint density at radius 1 is 0.882 bits per heavy atom. The Hall–Kier alpha value is -3.81. The minimum absolute atomic E-state index is 0.678. The van der Waals surface area contributed by atoms with E-state index in [9.17, 15) is 0 Å². The van der Waals surface area contributed by atoms with Gasteiger partial charge >= 0.3 is 0 Å². The number of ether oxygens (including phenoxy) is 2. The first-order valence-electron chi connectivity index (χ1n) is 11.6. The summed E-state index contributed by atoms with van der Waals surface area (Å²) >= 11 is 0. The van der Waals surface area contributed by atoms with Crippen molar-refractivity contribution in [1.82, 2.24) is 24.5 Å². The topological polar surface area (TPSA) is 64.8 Å². The maximum Gasteiger partial charge on any atom is 0.169 e. The van der Waals surface area contributed by atoms with E-state index in [1.54, 1.807) is 0 Å². The lowest BCUT2D eigenvalue weighted by molar-refractivity contribution is 0.0322. The van der Waals surface area contributed by atoms with Crippen LogP contribution in [0.2, 0.25) is 0 Å². The third-order valence-electron chi connectivity index (χ3n) is 6.27. The van der Waals surface area contributed by atoms with Crippen LogP contribution in [0.1, 0.15) is 0 Å². The van der Waals surface area contributed by atoms with Crippen molar-refractivity contribution in [1.29, 1.82) is 0 Å². The number of morpholine rings is 1. The van der Waals surface area contributed by atoms with Gasteiger partial charge in [0.05, 0.1) is 18.7 Å². The molecule has 1 fully saturated rings. The van der Waals surface area contributed by atoms with Crippen molar-refractivity contribution in [3.8, 4) is 28.3 Å². The number of benzene rings is 2. The molecule has 0 amide bonds. The monoisotopic (exact) mass is 451 g/mol. The highest BCUT2D eigenvalue weighted by Gasteiger charge is 2.13. The van der Waals surface area contributed by atoms with Gasteiger partial charge < -0.3 is 9.47 Å². The van der Waals surface area contributed by atoms with Gasteiger partial charge in [-0.05, 0) is 47.5 Å². The summed E-state index contributed by atoms with van der Waals surface area (Å²) in [6.45, 7) is 5.18. The summed E-state index contributed by atoms with van der Waals surface area (Å²) in [6, 6.07) is 22.5. The molecule has 7 nitrogen and oxygen atoms in total. The number of aromatic nitrogens is 4. The van der Waals surface area contributed by atoms with Gasteiger partial charge in [0.15, 0.2) is 11.5 Å². The van der Waals surface area contributed by atoms with E-state index in [-0.39, 0.29) is 0 Å². The molecule has 1 saturated heterocycles. The molecule has 0 atom stereocenters. The van der Waals surface area contributed by atoms with Gasteiger partial charge in [-0.25, -0.2) is 0 Å². The van der Waals surface area contributed by atoms with Crippen LogP contribution in [0.3, 0.4) is 0 Å². The highest BCUT2D eigenvalue weighted by Crippen LogP contribution is 2.28. The quantitative estimate of drug-likeness (QED) is 0.383. The highest BCUT2D eigenvalue weighted by atomic mass is 16.5. The average Bonchev–Trinajstić information content (AvgIpc) is 3.32. The zero-order valence-corrected chi connectivity index (χ0v) is 18.8. The fourth-order valence-electron chi connectivity index (χ4n) is 4.41. The third kappa shape index (κ3) is 4.11. The Balaban J connectivity index is 1.20. The molecule has 0 radical (unpaired) electrons. The number of para-hydroxylation sites is 1. The molecule has 6 rings (SSSR count). The second-order valence-electron chi connectivity index (χ2n) is 8.37. The van der Waals surface area contributed by atoms with Crippen molar-refractivity contribution in [2.75, 3.05) is 39.5 Å². The fourth-order valence-corrected chi connectivity index (χ4v) is 4.41. The highest BCUT2D eigenvalue weighted by molar-refractivity contribution is 5.92. The van der Waals surface area contributed by atoms with Crippen LogP contribution < -0.4 is 4.74 Å². The second kappa shape index (κ2) is 9.21. The van der Waals surface area contributed by atoms with Crippen molar-refractivity contribution < 1.29 is 9.47 Å².